The van der Waals surface area contributed by atoms with E-state index in [-0.39, 0.29) is 17.9 Å². The van der Waals surface area contributed by atoms with Crippen LogP contribution in [0.25, 0.3) is 0 Å². The summed E-state index contributed by atoms with van der Waals surface area (Å²) in [7, 11) is 0. The van der Waals surface area contributed by atoms with Gasteiger partial charge in [-0.15, -0.1) is 10.2 Å². The van der Waals surface area contributed by atoms with E-state index in [0.717, 1.165) is 53.9 Å². The molecule has 0 bridgehead atoms. The van der Waals surface area contributed by atoms with Gasteiger partial charge in [0.25, 0.3) is 0 Å². The highest BCUT2D eigenvalue weighted by Gasteiger charge is 2.22. The molecular weight excluding hydrogens is 388 g/mol. The maximum atomic E-state index is 12.7. The van der Waals surface area contributed by atoms with Crippen molar-refractivity contribution in [1.82, 2.24) is 20.1 Å². The summed E-state index contributed by atoms with van der Waals surface area (Å²) in [6, 6.07) is 5.81. The van der Waals surface area contributed by atoms with Crippen LogP contribution >= 0.6 is 11.8 Å². The number of hydrogen-bond donors (Lipinski definition) is 1. The summed E-state index contributed by atoms with van der Waals surface area (Å²) in [6.07, 6.45) is 4.50. The highest BCUT2D eigenvalue weighted by Crippen LogP contribution is 2.34. The Morgan fingerprint density at radius 3 is 2.83 bits per heavy atom. The van der Waals surface area contributed by atoms with Gasteiger partial charge in [0.2, 0.25) is 5.91 Å². The van der Waals surface area contributed by atoms with Gasteiger partial charge >= 0.3 is 0 Å². The summed E-state index contributed by atoms with van der Waals surface area (Å²) < 4.78 is 13.5. The highest BCUT2D eigenvalue weighted by molar-refractivity contribution is 7.99. The Morgan fingerprint density at radius 2 is 2.00 bits per heavy atom. The number of nitrogens with one attached hydrogen (secondary N) is 1. The van der Waals surface area contributed by atoms with Crippen molar-refractivity contribution in [3.63, 3.8) is 0 Å². The fourth-order valence-corrected chi connectivity index (χ4v) is 4.59. The number of rotatable bonds is 6. The molecule has 1 aromatic heterocycles. The molecule has 2 aliphatic rings. The number of nitrogens with zero attached hydrogens (tertiary/aromatic N) is 3. The zero-order valence-corrected chi connectivity index (χ0v) is 17.8. The first-order chi connectivity index (χ1) is 14.1. The molecular formula is C21H28N4O3S. The van der Waals surface area contributed by atoms with Crippen LogP contribution in [0.5, 0.6) is 11.5 Å². The molecule has 3 heterocycles. The molecule has 1 amide bonds. The van der Waals surface area contributed by atoms with Crippen molar-refractivity contribution in [3.8, 4) is 11.5 Å². The topological polar surface area (TPSA) is 78.3 Å². The fourth-order valence-electron chi connectivity index (χ4n) is 3.80. The third kappa shape index (κ3) is 4.69. The zero-order chi connectivity index (χ0) is 20.2. The average molecular weight is 417 g/mol. The molecule has 8 heteroatoms. The van der Waals surface area contributed by atoms with Crippen LogP contribution < -0.4 is 14.8 Å². The summed E-state index contributed by atoms with van der Waals surface area (Å²) >= 11 is 1.46. The molecule has 4 rings (SSSR count). The van der Waals surface area contributed by atoms with E-state index in [0.29, 0.717) is 19.0 Å². The second kappa shape index (κ2) is 9.07. The first-order valence-corrected chi connectivity index (χ1v) is 11.3. The molecule has 1 aromatic carbocycles. The van der Waals surface area contributed by atoms with Gasteiger partial charge in [-0.2, -0.15) is 0 Å². The molecule has 0 radical (unpaired) electrons. The number of aromatic nitrogens is 3. The lowest BCUT2D eigenvalue weighted by atomic mass is 9.95. The number of carbonyl (C=O) groups is 1. The Balaban J connectivity index is 1.40. The Labute approximate surface area is 175 Å². The summed E-state index contributed by atoms with van der Waals surface area (Å²) in [5.74, 6) is 3.12. The van der Waals surface area contributed by atoms with Crippen LogP contribution in [0, 0.1) is 5.92 Å². The van der Waals surface area contributed by atoms with Gasteiger partial charge in [-0.25, -0.2) is 0 Å². The maximum absolute atomic E-state index is 12.7. The molecule has 1 N–H and O–H groups in total. The monoisotopic (exact) mass is 416 g/mol. The number of hydrogen-bond acceptors (Lipinski definition) is 6. The normalized spacial score (nSPS) is 16.8. The van der Waals surface area contributed by atoms with Crippen LogP contribution in [-0.2, 0) is 17.8 Å². The first kappa shape index (κ1) is 20.1. The van der Waals surface area contributed by atoms with Gasteiger partial charge in [0.05, 0.1) is 11.8 Å². The lowest BCUT2D eigenvalue weighted by Crippen LogP contribution is -2.33. The van der Waals surface area contributed by atoms with Gasteiger partial charge in [-0.05, 0) is 36.5 Å². The van der Waals surface area contributed by atoms with E-state index in [1.807, 2.05) is 18.2 Å². The van der Waals surface area contributed by atoms with Crippen molar-refractivity contribution in [2.24, 2.45) is 5.92 Å². The number of ether oxygens (including phenoxy) is 2. The molecule has 7 nitrogen and oxygen atoms in total. The Hall–Kier alpha value is -2.22. The summed E-state index contributed by atoms with van der Waals surface area (Å²) in [6.45, 7) is 6.27. The van der Waals surface area contributed by atoms with Gasteiger partial charge in [0, 0.05) is 13.0 Å². The number of amides is 1. The van der Waals surface area contributed by atoms with Crippen molar-refractivity contribution in [3.05, 3.63) is 29.6 Å². The van der Waals surface area contributed by atoms with Gasteiger partial charge in [-0.1, -0.05) is 38.1 Å². The van der Waals surface area contributed by atoms with E-state index >= 15 is 0 Å². The van der Waals surface area contributed by atoms with E-state index in [4.69, 9.17) is 9.47 Å². The zero-order valence-electron chi connectivity index (χ0n) is 17.0. The molecule has 156 valence electrons. The highest BCUT2D eigenvalue weighted by atomic mass is 32.2. The van der Waals surface area contributed by atoms with Gasteiger partial charge in [-0.3, -0.25) is 4.79 Å². The predicted octanol–water partition coefficient (Wildman–Crippen LogP) is 3.38. The van der Waals surface area contributed by atoms with E-state index in [2.05, 4.69) is 33.9 Å². The quantitative estimate of drug-likeness (QED) is 0.728. The first-order valence-electron chi connectivity index (χ1n) is 10.4. The average Bonchev–Trinajstić information content (AvgIpc) is 2.96. The van der Waals surface area contributed by atoms with Crippen LogP contribution in [0.15, 0.2) is 23.4 Å². The minimum Gasteiger partial charge on any atom is -0.486 e. The van der Waals surface area contributed by atoms with Crippen molar-refractivity contribution in [2.75, 3.05) is 19.0 Å². The van der Waals surface area contributed by atoms with Crippen LogP contribution in [-0.4, -0.2) is 39.6 Å². The minimum absolute atomic E-state index is 0.00504. The van der Waals surface area contributed by atoms with Crippen LogP contribution in [0.2, 0.25) is 0 Å². The third-order valence-electron chi connectivity index (χ3n) is 5.32. The van der Waals surface area contributed by atoms with Gasteiger partial charge in [0.15, 0.2) is 16.7 Å². The predicted molar refractivity (Wildman–Crippen MR) is 111 cm³/mol. The van der Waals surface area contributed by atoms with E-state index in [1.54, 1.807) is 0 Å². The number of fused-ring (bicyclic) bond motifs is 2. The fraction of sp³-hybridized carbons (Fsp3) is 0.571. The summed E-state index contributed by atoms with van der Waals surface area (Å²) in [4.78, 5) is 12.7. The third-order valence-corrected chi connectivity index (χ3v) is 6.28. The van der Waals surface area contributed by atoms with E-state index < -0.39 is 0 Å². The molecule has 29 heavy (non-hydrogen) atoms. The number of thioether (sulfide) groups is 1. The van der Waals surface area contributed by atoms with E-state index in [9.17, 15) is 4.79 Å². The molecule has 0 saturated carbocycles. The Morgan fingerprint density at radius 1 is 1.17 bits per heavy atom. The molecule has 0 aliphatic carbocycles. The Kier molecular flexibility index (Phi) is 6.28. The lowest BCUT2D eigenvalue weighted by Gasteiger charge is -2.25. The number of aryl methyl sites for hydroxylation is 1. The largest absolute Gasteiger partial charge is 0.486 e. The summed E-state index contributed by atoms with van der Waals surface area (Å²) in [5.41, 5.74) is 1.03. The minimum atomic E-state index is -0.0885. The molecule has 0 fully saturated rings. The molecule has 2 aliphatic heterocycles. The van der Waals surface area contributed by atoms with Crippen molar-refractivity contribution in [1.29, 1.82) is 0 Å². The molecule has 0 saturated heterocycles. The second-order valence-corrected chi connectivity index (χ2v) is 8.78. The second-order valence-electron chi connectivity index (χ2n) is 7.84. The van der Waals surface area contributed by atoms with Gasteiger partial charge < -0.3 is 19.4 Å². The van der Waals surface area contributed by atoms with Crippen LogP contribution in [0.3, 0.4) is 0 Å². The maximum Gasteiger partial charge on any atom is 0.230 e. The standard InChI is InChI=1S/C21H28N4O3S/c1-14(2)20(15-7-8-16-17(12-15)28-11-10-27-16)22-19(26)13-29-21-24-23-18-6-4-3-5-9-25(18)21/h7-8,12,14,20H,3-6,9-11,13H2,1-2H3,(H,22,26)/t20-/m1/s1. The SMILES string of the molecule is CC(C)[C@@H](NC(=O)CSc1nnc2n1CCCCC2)c1ccc2c(c1)OCCO2. The van der Waals surface area contributed by atoms with E-state index in [1.165, 1.54) is 18.2 Å². The van der Waals surface area contributed by atoms with Crippen LogP contribution in [0.1, 0.15) is 50.5 Å². The van der Waals surface area contributed by atoms with Crippen molar-refractivity contribution < 1.29 is 14.3 Å². The molecule has 1 atom stereocenters. The lowest BCUT2D eigenvalue weighted by molar-refractivity contribution is -0.119. The molecule has 0 unspecified atom stereocenters. The van der Waals surface area contributed by atoms with Gasteiger partial charge in [0.1, 0.15) is 19.0 Å². The molecule has 0 spiro atoms. The van der Waals surface area contributed by atoms with Crippen molar-refractivity contribution in [2.45, 2.75) is 57.3 Å². The molecule has 2 aromatic rings. The Bertz CT molecular complexity index is 868. The number of benzene rings is 1. The van der Waals surface area contributed by atoms with Crippen molar-refractivity contribution >= 4 is 17.7 Å². The smallest absolute Gasteiger partial charge is 0.230 e. The summed E-state index contributed by atoms with van der Waals surface area (Å²) in [5, 5.41) is 12.6. The van der Waals surface area contributed by atoms with Crippen LogP contribution in [0.4, 0.5) is 0 Å². The number of carbonyl (C=O) groups excluding carboxylic acids is 1.